The van der Waals surface area contributed by atoms with Gasteiger partial charge >= 0.3 is 0 Å². The van der Waals surface area contributed by atoms with Crippen LogP contribution >= 0.6 is 31.9 Å². The highest BCUT2D eigenvalue weighted by Crippen LogP contribution is 2.27. The molecule has 0 atom stereocenters. The van der Waals surface area contributed by atoms with Crippen LogP contribution in [-0.4, -0.2) is 0 Å². The second-order valence-electron chi connectivity index (χ2n) is 3.26. The van der Waals surface area contributed by atoms with E-state index in [-0.39, 0.29) is 11.6 Å². The van der Waals surface area contributed by atoms with Crippen LogP contribution < -0.4 is 0 Å². The largest absolute Gasteiger partial charge is 0.206 e. The molecule has 0 spiro atoms. The molecular weight excluding hydrogens is 342 g/mol. The summed E-state index contributed by atoms with van der Waals surface area (Å²) in [7, 11) is 0. The van der Waals surface area contributed by atoms with Crippen LogP contribution in [0.3, 0.4) is 0 Å². The molecular formula is C12H6Br2F2. The molecule has 4 heteroatoms. The molecule has 0 aromatic heterocycles. The second kappa shape index (κ2) is 4.63. The van der Waals surface area contributed by atoms with Crippen molar-refractivity contribution in [2.75, 3.05) is 0 Å². The van der Waals surface area contributed by atoms with Gasteiger partial charge in [0.15, 0.2) is 0 Å². The summed E-state index contributed by atoms with van der Waals surface area (Å²) < 4.78 is 27.4. The Morgan fingerprint density at radius 3 is 1.38 bits per heavy atom. The van der Waals surface area contributed by atoms with Crippen molar-refractivity contribution in [1.82, 2.24) is 0 Å². The van der Waals surface area contributed by atoms with Gasteiger partial charge in [0.2, 0.25) is 0 Å². The van der Waals surface area contributed by atoms with E-state index < -0.39 is 0 Å². The zero-order valence-corrected chi connectivity index (χ0v) is 11.1. The van der Waals surface area contributed by atoms with Crippen LogP contribution in [0.1, 0.15) is 0 Å². The third-order valence-corrected chi connectivity index (χ3v) is 3.46. The Kier molecular flexibility index (Phi) is 3.40. The lowest BCUT2D eigenvalue weighted by molar-refractivity contribution is 0.619. The Morgan fingerprint density at radius 2 is 1.06 bits per heavy atom. The highest BCUT2D eigenvalue weighted by molar-refractivity contribution is 9.10. The van der Waals surface area contributed by atoms with E-state index in [1.165, 1.54) is 12.1 Å². The predicted octanol–water partition coefficient (Wildman–Crippen LogP) is 5.16. The van der Waals surface area contributed by atoms with Crippen LogP contribution in [0.4, 0.5) is 8.78 Å². The van der Waals surface area contributed by atoms with Gasteiger partial charge in [-0.05, 0) is 67.3 Å². The summed E-state index contributed by atoms with van der Waals surface area (Å²) in [6.07, 6.45) is 0. The smallest absolute Gasteiger partial charge is 0.137 e. The van der Waals surface area contributed by atoms with Gasteiger partial charge in [0, 0.05) is 0 Å². The number of hydrogen-bond donors (Lipinski definition) is 0. The van der Waals surface area contributed by atoms with Crippen LogP contribution in [0.5, 0.6) is 0 Å². The van der Waals surface area contributed by atoms with Gasteiger partial charge < -0.3 is 0 Å². The molecule has 0 aliphatic heterocycles. The van der Waals surface area contributed by atoms with Crippen LogP contribution in [0, 0.1) is 11.6 Å². The lowest BCUT2D eigenvalue weighted by atomic mass is 10.1. The third-order valence-electron chi connectivity index (χ3n) is 2.17. The first-order valence-electron chi connectivity index (χ1n) is 4.48. The third kappa shape index (κ3) is 2.33. The van der Waals surface area contributed by atoms with Gasteiger partial charge in [-0.25, -0.2) is 8.78 Å². The number of hydrogen-bond acceptors (Lipinski definition) is 0. The zero-order valence-electron chi connectivity index (χ0n) is 7.98. The number of benzene rings is 2. The van der Waals surface area contributed by atoms with Crippen molar-refractivity contribution in [3.8, 4) is 11.1 Å². The molecule has 0 aliphatic carbocycles. The molecule has 0 amide bonds. The maximum atomic E-state index is 13.3. The monoisotopic (exact) mass is 346 g/mol. The molecule has 0 bridgehead atoms. The van der Waals surface area contributed by atoms with Gasteiger partial charge in [0.25, 0.3) is 0 Å². The van der Waals surface area contributed by atoms with Gasteiger partial charge in [0.05, 0.1) is 8.95 Å². The topological polar surface area (TPSA) is 0 Å². The zero-order chi connectivity index (χ0) is 11.7. The summed E-state index contributed by atoms with van der Waals surface area (Å²) in [6, 6.07) is 9.40. The fourth-order valence-electron chi connectivity index (χ4n) is 1.35. The first-order chi connectivity index (χ1) is 7.58. The summed E-state index contributed by atoms with van der Waals surface area (Å²) >= 11 is 6.14. The Bertz CT molecular complexity index is 489. The van der Waals surface area contributed by atoms with E-state index in [1.54, 1.807) is 24.3 Å². The SMILES string of the molecule is Fc1cc(-c2ccc(Br)c(F)c2)ccc1Br. The normalized spacial score (nSPS) is 10.5. The average molecular weight is 348 g/mol. The van der Waals surface area contributed by atoms with Crippen molar-refractivity contribution >= 4 is 31.9 Å². The average Bonchev–Trinajstić information content (AvgIpc) is 2.26. The van der Waals surface area contributed by atoms with E-state index in [9.17, 15) is 8.78 Å². The highest BCUT2D eigenvalue weighted by Gasteiger charge is 2.05. The van der Waals surface area contributed by atoms with E-state index in [1.807, 2.05) is 0 Å². The summed E-state index contributed by atoms with van der Waals surface area (Å²) in [6.45, 7) is 0. The van der Waals surface area contributed by atoms with Crippen LogP contribution in [0.15, 0.2) is 45.3 Å². The molecule has 0 unspecified atom stereocenters. The van der Waals surface area contributed by atoms with E-state index in [4.69, 9.17) is 0 Å². The van der Waals surface area contributed by atoms with Crippen molar-refractivity contribution in [2.24, 2.45) is 0 Å². The van der Waals surface area contributed by atoms with Gasteiger partial charge in [-0.15, -0.1) is 0 Å². The molecule has 0 saturated heterocycles. The molecule has 2 rings (SSSR count). The minimum absolute atomic E-state index is 0.360. The van der Waals surface area contributed by atoms with Gasteiger partial charge in [-0.3, -0.25) is 0 Å². The van der Waals surface area contributed by atoms with Crippen molar-refractivity contribution in [1.29, 1.82) is 0 Å². The minimum Gasteiger partial charge on any atom is -0.206 e. The Labute approximate surface area is 109 Å². The van der Waals surface area contributed by atoms with Gasteiger partial charge in [-0.2, -0.15) is 0 Å². The van der Waals surface area contributed by atoms with E-state index in [0.29, 0.717) is 20.1 Å². The van der Waals surface area contributed by atoms with E-state index in [0.717, 1.165) is 0 Å². The van der Waals surface area contributed by atoms with Crippen molar-refractivity contribution in [3.63, 3.8) is 0 Å². The van der Waals surface area contributed by atoms with E-state index in [2.05, 4.69) is 31.9 Å². The summed E-state index contributed by atoms with van der Waals surface area (Å²) in [5.74, 6) is -0.721. The number of halogens is 4. The van der Waals surface area contributed by atoms with Crippen molar-refractivity contribution in [2.45, 2.75) is 0 Å². The van der Waals surface area contributed by atoms with Crippen molar-refractivity contribution < 1.29 is 8.78 Å². The maximum absolute atomic E-state index is 13.3. The predicted molar refractivity (Wildman–Crippen MR) is 67.2 cm³/mol. The minimum atomic E-state index is -0.360. The second-order valence-corrected chi connectivity index (χ2v) is 4.97. The Balaban J connectivity index is 2.50. The molecule has 0 aliphatic rings. The Hall–Kier alpha value is -0.740. The summed E-state index contributed by atoms with van der Waals surface area (Å²) in [5.41, 5.74) is 1.29. The lowest BCUT2D eigenvalue weighted by Crippen LogP contribution is -1.84. The fourth-order valence-corrected chi connectivity index (χ4v) is 1.84. The van der Waals surface area contributed by atoms with Gasteiger partial charge in [-0.1, -0.05) is 12.1 Å². The lowest BCUT2D eigenvalue weighted by Gasteiger charge is -2.04. The number of rotatable bonds is 1. The molecule has 2 aromatic rings. The van der Waals surface area contributed by atoms with Crippen LogP contribution in [0.2, 0.25) is 0 Å². The van der Waals surface area contributed by atoms with Crippen LogP contribution in [-0.2, 0) is 0 Å². The quantitative estimate of drug-likeness (QED) is 0.668. The molecule has 0 nitrogen and oxygen atoms in total. The molecule has 16 heavy (non-hydrogen) atoms. The molecule has 0 N–H and O–H groups in total. The first kappa shape index (κ1) is 11.7. The highest BCUT2D eigenvalue weighted by atomic mass is 79.9. The van der Waals surface area contributed by atoms with Crippen LogP contribution in [0.25, 0.3) is 11.1 Å². The molecule has 82 valence electrons. The summed E-state index contributed by atoms with van der Waals surface area (Å²) in [4.78, 5) is 0. The van der Waals surface area contributed by atoms with Gasteiger partial charge in [0.1, 0.15) is 11.6 Å². The molecule has 0 saturated carbocycles. The fraction of sp³-hybridized carbons (Fsp3) is 0. The maximum Gasteiger partial charge on any atom is 0.137 e. The van der Waals surface area contributed by atoms with Crippen molar-refractivity contribution in [3.05, 3.63) is 57.0 Å². The standard InChI is InChI=1S/C12H6Br2F2/c13-9-3-1-7(5-11(9)15)8-2-4-10(14)12(16)6-8/h1-6H. The van der Waals surface area contributed by atoms with E-state index >= 15 is 0 Å². The summed E-state index contributed by atoms with van der Waals surface area (Å²) in [5, 5.41) is 0. The molecule has 2 aromatic carbocycles. The molecule has 0 heterocycles. The molecule has 0 fully saturated rings. The molecule has 0 radical (unpaired) electrons. The first-order valence-corrected chi connectivity index (χ1v) is 6.07. The Morgan fingerprint density at radius 1 is 0.688 bits per heavy atom.